The maximum absolute atomic E-state index is 13.1. The molecule has 0 aromatic heterocycles. The topological polar surface area (TPSA) is 52.6 Å². The monoisotopic (exact) mass is 572 g/mol. The summed E-state index contributed by atoms with van der Waals surface area (Å²) in [5.74, 6) is 1.73. The first-order chi connectivity index (χ1) is 18.7. The summed E-state index contributed by atoms with van der Waals surface area (Å²) in [6, 6.07) is 0. The molecular weight excluding hydrogens is 508 g/mol. The Morgan fingerprint density at radius 2 is 1.68 bits per heavy atom. The van der Waals surface area contributed by atoms with Crippen LogP contribution in [0.1, 0.15) is 141 Å². The average molecular weight is 573 g/mol. The Morgan fingerprint density at radius 3 is 2.22 bits per heavy atom. The minimum absolute atomic E-state index is 0.0314. The van der Waals surface area contributed by atoms with Crippen molar-refractivity contribution < 1.29 is 19.1 Å². The third-order valence-electron chi connectivity index (χ3n) is 13.1. The maximum atomic E-state index is 13.1. The van der Waals surface area contributed by atoms with Gasteiger partial charge in [0.15, 0.2) is 5.78 Å². The molecule has 3 saturated carbocycles. The smallest absolute Gasteiger partial charge is 0.152 e. The molecule has 3 aliphatic carbocycles. The normalized spacial score (nSPS) is 37.2. The molecule has 3 aliphatic rings. The van der Waals surface area contributed by atoms with E-state index >= 15 is 0 Å². The van der Waals surface area contributed by atoms with Crippen molar-refractivity contribution in [1.29, 1.82) is 0 Å². The van der Waals surface area contributed by atoms with Crippen LogP contribution < -0.4 is 0 Å². The van der Waals surface area contributed by atoms with Crippen LogP contribution in [0.5, 0.6) is 0 Å². The molecular formula is C37H64O4. The van der Waals surface area contributed by atoms with E-state index < -0.39 is 0 Å². The minimum Gasteiger partial charge on any atom is -0.359 e. The second-order valence-electron chi connectivity index (χ2n) is 17.3. The molecule has 0 amide bonds. The highest BCUT2D eigenvalue weighted by Crippen LogP contribution is 2.68. The van der Waals surface area contributed by atoms with Crippen LogP contribution in [0, 0.1) is 50.2 Å². The Balaban J connectivity index is 2.03. The van der Waals surface area contributed by atoms with Gasteiger partial charge in [-0.25, -0.2) is 0 Å². The number of ether oxygens (including phenoxy) is 2. The summed E-state index contributed by atoms with van der Waals surface area (Å²) in [6.45, 7) is 28.0. The van der Waals surface area contributed by atoms with Crippen molar-refractivity contribution in [1.82, 2.24) is 0 Å². The van der Waals surface area contributed by atoms with E-state index in [0.29, 0.717) is 36.2 Å². The lowest BCUT2D eigenvalue weighted by Gasteiger charge is -2.63. The second-order valence-corrected chi connectivity index (χ2v) is 17.3. The lowest BCUT2D eigenvalue weighted by molar-refractivity contribution is -0.174. The molecule has 4 heteroatoms. The average Bonchev–Trinajstić information content (AvgIpc) is 2.84. The van der Waals surface area contributed by atoms with Crippen LogP contribution >= 0.6 is 0 Å². The number of carbonyl (C=O) groups excluding carboxylic acids is 2. The highest BCUT2D eigenvalue weighted by Gasteiger charge is 2.61. The number of ketones is 2. The molecule has 0 N–H and O–H groups in total. The molecule has 2 unspecified atom stereocenters. The zero-order valence-electron chi connectivity index (χ0n) is 29.1. The Hall–Kier alpha value is -1.00. The van der Waals surface area contributed by atoms with E-state index in [-0.39, 0.29) is 44.9 Å². The van der Waals surface area contributed by atoms with E-state index in [2.05, 4.69) is 76.2 Å². The maximum Gasteiger partial charge on any atom is 0.152 e. The summed E-state index contributed by atoms with van der Waals surface area (Å²) in [4.78, 5) is 25.9. The number of fused-ring (bicyclic) bond motifs is 1. The SMILES string of the molecule is COCOC(C(C)C)[C@]1(CCC(C)(C)[C@]2(C)CC[C@H]3C(C)(C)C(=O)CC[C@]3(C)/C2=C/C(C)=O)CCC(C)(C)CC1C. The molecule has 0 saturated heterocycles. The summed E-state index contributed by atoms with van der Waals surface area (Å²) in [6.07, 6.45) is 11.4. The standard InChI is InChI=1S/C37H64O4/c1-25(2)31(41-24-40-13)37(20-18-32(5,6)23-26(37)3)21-19-33(7,8)36(12)17-14-28-34(9,10)30(39)15-16-35(28,11)29(36)22-27(4)38/h22,25-26,28,31H,14-21,23-24H2,1-13H3/b29-22-/t26?,28-,31?,35-,36+,37-/m0/s1. The van der Waals surface area contributed by atoms with Gasteiger partial charge in [-0.15, -0.1) is 0 Å². The molecule has 236 valence electrons. The van der Waals surface area contributed by atoms with Gasteiger partial charge in [0.05, 0.1) is 6.10 Å². The van der Waals surface area contributed by atoms with Crippen LogP contribution in [0.15, 0.2) is 11.6 Å². The second kappa shape index (κ2) is 11.8. The summed E-state index contributed by atoms with van der Waals surface area (Å²) in [5, 5.41) is 0. The van der Waals surface area contributed by atoms with Gasteiger partial charge in [0.2, 0.25) is 0 Å². The number of hydrogen-bond acceptors (Lipinski definition) is 4. The Kier molecular flexibility index (Phi) is 9.95. The van der Waals surface area contributed by atoms with Gasteiger partial charge in [-0.05, 0) is 109 Å². The van der Waals surface area contributed by atoms with Crippen LogP contribution in [-0.2, 0) is 19.1 Å². The zero-order chi connectivity index (χ0) is 31.2. The quantitative estimate of drug-likeness (QED) is 0.193. The molecule has 0 aromatic rings. The van der Waals surface area contributed by atoms with Crippen molar-refractivity contribution in [2.75, 3.05) is 13.9 Å². The molecule has 0 heterocycles. The first-order valence-electron chi connectivity index (χ1n) is 16.6. The summed E-state index contributed by atoms with van der Waals surface area (Å²) >= 11 is 0. The largest absolute Gasteiger partial charge is 0.359 e. The van der Waals surface area contributed by atoms with E-state index in [1.807, 2.05) is 6.08 Å². The molecule has 0 radical (unpaired) electrons. The van der Waals surface area contributed by atoms with Crippen molar-refractivity contribution in [2.24, 2.45) is 50.2 Å². The fourth-order valence-electron chi connectivity index (χ4n) is 10.2. The lowest BCUT2D eigenvalue weighted by Crippen LogP contribution is -2.57. The van der Waals surface area contributed by atoms with Gasteiger partial charge in [0.25, 0.3) is 0 Å². The molecule has 0 aliphatic heterocycles. The molecule has 6 atom stereocenters. The van der Waals surface area contributed by atoms with Crippen molar-refractivity contribution >= 4 is 11.6 Å². The molecule has 0 bridgehead atoms. The number of carbonyl (C=O) groups is 2. The van der Waals surface area contributed by atoms with Gasteiger partial charge in [-0.3, -0.25) is 9.59 Å². The first-order valence-corrected chi connectivity index (χ1v) is 16.6. The molecule has 0 aromatic carbocycles. The number of methoxy groups -OCH3 is 1. The van der Waals surface area contributed by atoms with Gasteiger partial charge in [0.1, 0.15) is 12.6 Å². The van der Waals surface area contributed by atoms with Crippen molar-refractivity contribution in [3.63, 3.8) is 0 Å². The van der Waals surface area contributed by atoms with Gasteiger partial charge in [-0.1, -0.05) is 81.7 Å². The number of rotatable bonds is 10. The van der Waals surface area contributed by atoms with Crippen LogP contribution in [0.3, 0.4) is 0 Å². The third-order valence-corrected chi connectivity index (χ3v) is 13.1. The Morgan fingerprint density at radius 1 is 1.05 bits per heavy atom. The molecule has 41 heavy (non-hydrogen) atoms. The predicted molar refractivity (Wildman–Crippen MR) is 170 cm³/mol. The first kappa shape index (κ1) is 34.5. The fraction of sp³-hybridized carbons (Fsp3) is 0.892. The van der Waals surface area contributed by atoms with Gasteiger partial charge in [-0.2, -0.15) is 0 Å². The van der Waals surface area contributed by atoms with Crippen LogP contribution in [0.25, 0.3) is 0 Å². The van der Waals surface area contributed by atoms with Crippen molar-refractivity contribution in [3.05, 3.63) is 11.6 Å². The summed E-state index contributed by atoms with van der Waals surface area (Å²) < 4.78 is 12.0. The number of hydrogen-bond donors (Lipinski definition) is 0. The van der Waals surface area contributed by atoms with Crippen molar-refractivity contribution in [2.45, 2.75) is 147 Å². The molecule has 0 spiro atoms. The minimum atomic E-state index is -0.355. The van der Waals surface area contributed by atoms with Gasteiger partial charge in [0, 0.05) is 18.9 Å². The summed E-state index contributed by atoms with van der Waals surface area (Å²) in [7, 11) is 1.72. The van der Waals surface area contributed by atoms with Gasteiger partial charge < -0.3 is 9.47 Å². The van der Waals surface area contributed by atoms with Crippen LogP contribution in [0.4, 0.5) is 0 Å². The van der Waals surface area contributed by atoms with Gasteiger partial charge >= 0.3 is 0 Å². The molecule has 3 rings (SSSR count). The predicted octanol–water partition coefficient (Wildman–Crippen LogP) is 9.60. The van der Waals surface area contributed by atoms with E-state index in [9.17, 15) is 9.59 Å². The van der Waals surface area contributed by atoms with E-state index in [4.69, 9.17) is 9.47 Å². The van der Waals surface area contributed by atoms with Crippen molar-refractivity contribution in [3.8, 4) is 0 Å². The Bertz CT molecular complexity index is 1000. The molecule has 4 nitrogen and oxygen atoms in total. The van der Waals surface area contributed by atoms with E-state index in [1.165, 1.54) is 24.8 Å². The number of allylic oxidation sites excluding steroid dienone is 2. The fourth-order valence-corrected chi connectivity index (χ4v) is 10.2. The van der Waals surface area contributed by atoms with E-state index in [0.717, 1.165) is 32.1 Å². The summed E-state index contributed by atoms with van der Waals surface area (Å²) in [5.41, 5.74) is 1.09. The van der Waals surface area contributed by atoms with Crippen LogP contribution in [-0.4, -0.2) is 31.6 Å². The highest BCUT2D eigenvalue weighted by molar-refractivity contribution is 5.89. The number of Topliss-reactive ketones (excluding diaryl/α,β-unsaturated/α-hetero) is 1. The van der Waals surface area contributed by atoms with Crippen LogP contribution in [0.2, 0.25) is 0 Å². The zero-order valence-corrected chi connectivity index (χ0v) is 29.1. The van der Waals surface area contributed by atoms with E-state index in [1.54, 1.807) is 14.0 Å². The third kappa shape index (κ3) is 6.17. The Labute approximate surface area is 253 Å². The highest BCUT2D eigenvalue weighted by atomic mass is 16.7. The lowest BCUT2D eigenvalue weighted by atomic mass is 9.41. The molecule has 3 fully saturated rings.